The van der Waals surface area contributed by atoms with Gasteiger partial charge in [-0.25, -0.2) is 0 Å². The van der Waals surface area contributed by atoms with Crippen LogP contribution in [0, 0.1) is 17.0 Å². The summed E-state index contributed by atoms with van der Waals surface area (Å²) in [5, 5.41) is 16.9. The van der Waals surface area contributed by atoms with E-state index in [1.165, 1.54) is 18.2 Å². The highest BCUT2D eigenvalue weighted by Crippen LogP contribution is 2.29. The lowest BCUT2D eigenvalue weighted by Gasteiger charge is -2.08. The highest BCUT2D eigenvalue weighted by atomic mass is 35.5. The smallest absolute Gasteiger partial charge is 0.291 e. The van der Waals surface area contributed by atoms with E-state index in [0.29, 0.717) is 38.8 Å². The van der Waals surface area contributed by atoms with Gasteiger partial charge in [0.15, 0.2) is 5.76 Å². The van der Waals surface area contributed by atoms with E-state index in [9.17, 15) is 19.7 Å². The summed E-state index contributed by atoms with van der Waals surface area (Å²) >= 11 is 5.92. The van der Waals surface area contributed by atoms with Gasteiger partial charge in [-0.1, -0.05) is 17.7 Å². The van der Waals surface area contributed by atoms with Crippen molar-refractivity contribution in [2.45, 2.75) is 6.92 Å². The predicted octanol–water partition coefficient (Wildman–Crippen LogP) is 6.32. The first-order valence-corrected chi connectivity index (χ1v) is 10.5. The number of hydrogen-bond acceptors (Lipinski definition) is 5. The zero-order valence-corrected chi connectivity index (χ0v) is 18.6. The molecule has 4 aromatic rings. The minimum atomic E-state index is -0.466. The van der Waals surface area contributed by atoms with Gasteiger partial charge in [-0.3, -0.25) is 19.7 Å². The number of carbonyl (C=O) groups excluding carboxylic acids is 2. The second-order valence-corrected chi connectivity index (χ2v) is 7.85. The van der Waals surface area contributed by atoms with Crippen LogP contribution in [-0.4, -0.2) is 16.7 Å². The third-order valence-corrected chi connectivity index (χ3v) is 5.24. The quantitative estimate of drug-likeness (QED) is 0.250. The molecule has 0 spiro atoms. The van der Waals surface area contributed by atoms with Gasteiger partial charge in [0, 0.05) is 39.7 Å². The van der Waals surface area contributed by atoms with E-state index < -0.39 is 10.8 Å². The standard InChI is InChI=1S/C25H18ClN3O5/c1-15-13-20(29(32)33)9-10-21(15)22-11-12-23(34-22)25(31)28-19-7-5-18(6-8-19)27-24(30)16-3-2-4-17(26)14-16/h2-14H,1H3,(H,27,30)(H,28,31). The zero-order valence-electron chi connectivity index (χ0n) is 17.9. The van der Waals surface area contributed by atoms with Gasteiger partial charge in [-0.05, 0) is 73.2 Å². The molecule has 1 heterocycles. The Hall–Kier alpha value is -4.43. The summed E-state index contributed by atoms with van der Waals surface area (Å²) in [6, 6.07) is 20.8. The van der Waals surface area contributed by atoms with Gasteiger partial charge in [0.1, 0.15) is 5.76 Å². The molecule has 2 N–H and O–H groups in total. The van der Waals surface area contributed by atoms with Gasteiger partial charge >= 0.3 is 0 Å². The largest absolute Gasteiger partial charge is 0.451 e. The normalized spacial score (nSPS) is 10.5. The van der Waals surface area contributed by atoms with Crippen molar-refractivity contribution in [2.75, 3.05) is 10.6 Å². The van der Waals surface area contributed by atoms with E-state index in [-0.39, 0.29) is 17.4 Å². The van der Waals surface area contributed by atoms with Gasteiger partial charge < -0.3 is 15.1 Å². The second-order valence-electron chi connectivity index (χ2n) is 7.42. The van der Waals surface area contributed by atoms with Crippen LogP contribution in [-0.2, 0) is 0 Å². The lowest BCUT2D eigenvalue weighted by Crippen LogP contribution is -2.12. The van der Waals surface area contributed by atoms with Crippen molar-refractivity contribution in [3.63, 3.8) is 0 Å². The molecule has 34 heavy (non-hydrogen) atoms. The van der Waals surface area contributed by atoms with E-state index in [1.807, 2.05) is 0 Å². The van der Waals surface area contributed by atoms with Crippen molar-refractivity contribution in [2.24, 2.45) is 0 Å². The molecule has 0 aliphatic rings. The van der Waals surface area contributed by atoms with Crippen molar-refractivity contribution in [1.29, 1.82) is 0 Å². The maximum Gasteiger partial charge on any atom is 0.291 e. The lowest BCUT2D eigenvalue weighted by atomic mass is 10.1. The number of amides is 2. The molecule has 0 radical (unpaired) electrons. The first-order valence-electron chi connectivity index (χ1n) is 10.1. The molecular weight excluding hydrogens is 458 g/mol. The van der Waals surface area contributed by atoms with Crippen LogP contribution >= 0.6 is 11.6 Å². The molecule has 0 saturated carbocycles. The summed E-state index contributed by atoms with van der Waals surface area (Å²) in [4.78, 5) is 35.4. The number of anilines is 2. The molecule has 0 bridgehead atoms. The van der Waals surface area contributed by atoms with Crippen molar-refractivity contribution in [3.8, 4) is 11.3 Å². The molecule has 9 heteroatoms. The molecule has 1 aromatic heterocycles. The van der Waals surface area contributed by atoms with Crippen molar-refractivity contribution in [1.82, 2.24) is 0 Å². The Morgan fingerprint density at radius 1 is 0.882 bits per heavy atom. The molecule has 2 amide bonds. The average Bonchev–Trinajstić information content (AvgIpc) is 3.30. The predicted molar refractivity (Wildman–Crippen MR) is 129 cm³/mol. The molecule has 170 valence electrons. The molecule has 0 saturated heterocycles. The SMILES string of the molecule is Cc1cc([N+](=O)[O-])ccc1-c1ccc(C(=O)Nc2ccc(NC(=O)c3cccc(Cl)c3)cc2)o1. The molecule has 0 aliphatic heterocycles. The number of hydrogen-bond donors (Lipinski definition) is 2. The van der Waals surface area contributed by atoms with Crippen LogP contribution in [0.3, 0.4) is 0 Å². The van der Waals surface area contributed by atoms with Crippen LogP contribution in [0.1, 0.15) is 26.5 Å². The van der Waals surface area contributed by atoms with Crippen LogP contribution in [0.2, 0.25) is 5.02 Å². The molecular formula is C25H18ClN3O5. The van der Waals surface area contributed by atoms with Gasteiger partial charge in [0.2, 0.25) is 0 Å². The van der Waals surface area contributed by atoms with Crippen LogP contribution in [0.4, 0.5) is 17.1 Å². The Morgan fingerprint density at radius 2 is 1.56 bits per heavy atom. The van der Waals surface area contributed by atoms with Gasteiger partial charge in [0.05, 0.1) is 4.92 Å². The molecule has 0 fully saturated rings. The van der Waals surface area contributed by atoms with Crippen LogP contribution in [0.25, 0.3) is 11.3 Å². The summed E-state index contributed by atoms with van der Waals surface area (Å²) < 4.78 is 5.67. The highest BCUT2D eigenvalue weighted by Gasteiger charge is 2.16. The summed E-state index contributed by atoms with van der Waals surface area (Å²) in [5.41, 5.74) is 2.79. The van der Waals surface area contributed by atoms with Gasteiger partial charge in [-0.15, -0.1) is 0 Å². The Balaban J connectivity index is 1.41. The molecule has 0 unspecified atom stereocenters. The minimum absolute atomic E-state index is 0.0158. The highest BCUT2D eigenvalue weighted by molar-refractivity contribution is 6.31. The monoisotopic (exact) mass is 475 g/mol. The van der Waals surface area contributed by atoms with Crippen molar-refractivity contribution < 1.29 is 18.9 Å². The fraction of sp³-hybridized carbons (Fsp3) is 0.0400. The van der Waals surface area contributed by atoms with E-state index >= 15 is 0 Å². The number of carbonyl (C=O) groups is 2. The minimum Gasteiger partial charge on any atom is -0.451 e. The summed E-state index contributed by atoms with van der Waals surface area (Å²) in [5.74, 6) is -0.242. The number of nitro benzene ring substituents is 1. The van der Waals surface area contributed by atoms with Crippen LogP contribution < -0.4 is 10.6 Å². The third kappa shape index (κ3) is 5.13. The molecule has 0 atom stereocenters. The number of aryl methyl sites for hydroxylation is 1. The molecule has 3 aromatic carbocycles. The number of nitro groups is 1. The van der Waals surface area contributed by atoms with E-state index in [0.717, 1.165) is 0 Å². The number of nitrogens with zero attached hydrogens (tertiary/aromatic N) is 1. The summed E-state index contributed by atoms with van der Waals surface area (Å²) in [6.07, 6.45) is 0. The number of benzene rings is 3. The Bertz CT molecular complexity index is 1400. The average molecular weight is 476 g/mol. The number of non-ortho nitro benzene ring substituents is 1. The Morgan fingerprint density at radius 3 is 2.18 bits per heavy atom. The number of halogens is 1. The first-order chi connectivity index (χ1) is 16.3. The summed E-state index contributed by atoms with van der Waals surface area (Å²) in [7, 11) is 0. The van der Waals surface area contributed by atoms with Crippen molar-refractivity contribution in [3.05, 3.63) is 111 Å². The Kier molecular flexibility index (Phi) is 6.42. The fourth-order valence-corrected chi connectivity index (χ4v) is 3.50. The summed E-state index contributed by atoms with van der Waals surface area (Å²) in [6.45, 7) is 1.73. The van der Waals surface area contributed by atoms with Crippen LogP contribution in [0.15, 0.2) is 83.3 Å². The van der Waals surface area contributed by atoms with E-state index in [2.05, 4.69) is 10.6 Å². The molecule has 8 nitrogen and oxygen atoms in total. The second kappa shape index (κ2) is 9.60. The number of furan rings is 1. The molecule has 4 rings (SSSR count). The topological polar surface area (TPSA) is 114 Å². The lowest BCUT2D eigenvalue weighted by molar-refractivity contribution is -0.384. The Labute approximate surface area is 199 Å². The maximum absolute atomic E-state index is 12.6. The zero-order chi connectivity index (χ0) is 24.2. The molecule has 0 aliphatic carbocycles. The number of rotatable bonds is 6. The maximum atomic E-state index is 12.6. The first kappa shape index (κ1) is 22.8. The van der Waals surface area contributed by atoms with Gasteiger partial charge in [-0.2, -0.15) is 0 Å². The van der Waals surface area contributed by atoms with Crippen molar-refractivity contribution >= 4 is 40.5 Å². The van der Waals surface area contributed by atoms with Crippen LogP contribution in [0.5, 0.6) is 0 Å². The third-order valence-electron chi connectivity index (χ3n) is 5.00. The number of nitrogens with one attached hydrogen (secondary N) is 2. The van der Waals surface area contributed by atoms with E-state index in [4.69, 9.17) is 16.0 Å². The van der Waals surface area contributed by atoms with E-state index in [1.54, 1.807) is 67.6 Å². The van der Waals surface area contributed by atoms with Gasteiger partial charge in [0.25, 0.3) is 17.5 Å². The fourth-order valence-electron chi connectivity index (χ4n) is 3.31.